The number of amides is 1. The molecule has 0 spiro atoms. The molecule has 24 heavy (non-hydrogen) atoms. The Balaban J connectivity index is 2.05. The maximum absolute atomic E-state index is 13.8. The maximum Gasteiger partial charge on any atom is 0.410 e. The molecular formula is C16H20F2N2O4. The molecule has 6 nitrogen and oxygen atoms in total. The highest BCUT2D eigenvalue weighted by Crippen LogP contribution is 2.23. The summed E-state index contributed by atoms with van der Waals surface area (Å²) in [6.07, 6.45) is -0.430. The molecule has 0 aliphatic carbocycles. The van der Waals surface area contributed by atoms with E-state index in [4.69, 9.17) is 9.84 Å². The van der Waals surface area contributed by atoms with Crippen LogP contribution in [-0.2, 0) is 4.74 Å². The van der Waals surface area contributed by atoms with Gasteiger partial charge in [0.2, 0.25) is 0 Å². The molecule has 1 heterocycles. The molecule has 1 aliphatic rings. The normalized spacial score (nSPS) is 15.4. The van der Waals surface area contributed by atoms with E-state index in [0.717, 1.165) is 12.1 Å². The van der Waals surface area contributed by atoms with E-state index in [0.29, 0.717) is 26.2 Å². The highest BCUT2D eigenvalue weighted by molar-refractivity contribution is 5.88. The third-order valence-corrected chi connectivity index (χ3v) is 3.54. The number of halogens is 2. The third kappa shape index (κ3) is 4.12. The van der Waals surface area contributed by atoms with Gasteiger partial charge in [-0.1, -0.05) is 0 Å². The zero-order valence-corrected chi connectivity index (χ0v) is 13.8. The Morgan fingerprint density at radius 1 is 1.08 bits per heavy atom. The predicted octanol–water partition coefficient (Wildman–Crippen LogP) is 2.72. The van der Waals surface area contributed by atoms with Crippen molar-refractivity contribution >= 4 is 17.7 Å². The molecule has 0 aromatic heterocycles. The van der Waals surface area contributed by atoms with Gasteiger partial charge in [-0.05, 0) is 32.9 Å². The van der Waals surface area contributed by atoms with Gasteiger partial charge in [0.05, 0.1) is 0 Å². The second kappa shape index (κ2) is 6.62. The molecule has 1 amide bonds. The van der Waals surface area contributed by atoms with E-state index < -0.39 is 34.9 Å². The van der Waals surface area contributed by atoms with Crippen LogP contribution in [0.4, 0.5) is 19.3 Å². The summed E-state index contributed by atoms with van der Waals surface area (Å²) in [6, 6.07) is 1.99. The van der Waals surface area contributed by atoms with Gasteiger partial charge < -0.3 is 19.6 Å². The van der Waals surface area contributed by atoms with Gasteiger partial charge in [-0.2, -0.15) is 0 Å². The number of aromatic carboxylic acids is 1. The minimum atomic E-state index is -1.65. The molecule has 1 aromatic carbocycles. The topological polar surface area (TPSA) is 70.1 Å². The van der Waals surface area contributed by atoms with Gasteiger partial charge in [0.1, 0.15) is 22.8 Å². The monoisotopic (exact) mass is 342 g/mol. The summed E-state index contributed by atoms with van der Waals surface area (Å²) in [4.78, 5) is 26.0. The first-order valence-electron chi connectivity index (χ1n) is 7.53. The molecular weight excluding hydrogens is 322 g/mol. The number of carboxylic acids is 1. The SMILES string of the molecule is CC(C)(C)OC(=O)N1CCN(c2cc(F)c(C(=O)O)c(F)c2)CC1. The number of hydrogen-bond donors (Lipinski definition) is 1. The summed E-state index contributed by atoms with van der Waals surface area (Å²) < 4.78 is 32.8. The maximum atomic E-state index is 13.8. The number of hydrogen-bond acceptors (Lipinski definition) is 4. The quantitative estimate of drug-likeness (QED) is 0.895. The Kier molecular flexibility index (Phi) is 4.96. The number of ether oxygens (including phenoxy) is 1. The lowest BCUT2D eigenvalue weighted by molar-refractivity contribution is 0.0240. The van der Waals surface area contributed by atoms with Crippen molar-refractivity contribution in [1.29, 1.82) is 0 Å². The average Bonchev–Trinajstić information content (AvgIpc) is 2.44. The molecule has 132 valence electrons. The van der Waals surface area contributed by atoms with Crippen LogP contribution in [0.5, 0.6) is 0 Å². The van der Waals surface area contributed by atoms with Gasteiger partial charge in [0.15, 0.2) is 0 Å². The van der Waals surface area contributed by atoms with Crippen LogP contribution in [0.15, 0.2) is 12.1 Å². The molecule has 1 fully saturated rings. The van der Waals surface area contributed by atoms with Crippen molar-refractivity contribution in [3.8, 4) is 0 Å². The Hall–Kier alpha value is -2.38. The fraction of sp³-hybridized carbons (Fsp3) is 0.500. The lowest BCUT2D eigenvalue weighted by Crippen LogP contribution is -2.50. The molecule has 1 saturated heterocycles. The van der Waals surface area contributed by atoms with Crippen LogP contribution in [0.25, 0.3) is 0 Å². The zero-order valence-electron chi connectivity index (χ0n) is 13.8. The van der Waals surface area contributed by atoms with Crippen LogP contribution in [0.3, 0.4) is 0 Å². The highest BCUT2D eigenvalue weighted by atomic mass is 19.1. The van der Waals surface area contributed by atoms with E-state index in [1.54, 1.807) is 25.7 Å². The van der Waals surface area contributed by atoms with E-state index in [1.165, 1.54) is 4.90 Å². The fourth-order valence-corrected chi connectivity index (χ4v) is 2.42. The molecule has 2 rings (SSSR count). The zero-order chi connectivity index (χ0) is 18.1. The molecule has 1 aromatic rings. The summed E-state index contributed by atoms with van der Waals surface area (Å²) in [5, 5.41) is 8.78. The summed E-state index contributed by atoms with van der Waals surface area (Å²) in [5.41, 5.74) is -1.31. The predicted molar refractivity (Wildman–Crippen MR) is 83.3 cm³/mol. The Morgan fingerprint density at radius 3 is 2.00 bits per heavy atom. The van der Waals surface area contributed by atoms with Crippen LogP contribution in [-0.4, -0.2) is 53.8 Å². The number of nitrogens with zero attached hydrogens (tertiary/aromatic N) is 2. The van der Waals surface area contributed by atoms with E-state index in [9.17, 15) is 18.4 Å². The summed E-state index contributed by atoms with van der Waals surface area (Å²) >= 11 is 0. The minimum Gasteiger partial charge on any atom is -0.477 e. The molecule has 0 saturated carbocycles. The summed E-state index contributed by atoms with van der Waals surface area (Å²) in [6.45, 7) is 6.75. The van der Waals surface area contributed by atoms with Crippen LogP contribution in [0, 0.1) is 11.6 Å². The van der Waals surface area contributed by atoms with E-state index >= 15 is 0 Å². The van der Waals surface area contributed by atoms with Crippen molar-refractivity contribution in [3.63, 3.8) is 0 Å². The fourth-order valence-electron chi connectivity index (χ4n) is 2.42. The standard InChI is InChI=1S/C16H20F2N2O4/c1-16(2,3)24-15(23)20-6-4-19(5-7-20)10-8-11(17)13(14(21)22)12(18)9-10/h8-9H,4-7H2,1-3H3,(H,21,22). The summed E-state index contributed by atoms with van der Waals surface area (Å²) in [7, 11) is 0. The molecule has 0 unspecified atom stereocenters. The number of carbonyl (C=O) groups excluding carboxylic acids is 1. The number of carboxylic acid groups (broad SMARTS) is 1. The first-order valence-corrected chi connectivity index (χ1v) is 7.53. The largest absolute Gasteiger partial charge is 0.477 e. The van der Waals surface area contributed by atoms with Crippen LogP contribution < -0.4 is 4.90 Å². The van der Waals surface area contributed by atoms with E-state index in [2.05, 4.69) is 0 Å². The lowest BCUT2D eigenvalue weighted by Gasteiger charge is -2.36. The van der Waals surface area contributed by atoms with Crippen molar-refractivity contribution in [2.75, 3.05) is 31.1 Å². The smallest absolute Gasteiger partial charge is 0.410 e. The first-order chi connectivity index (χ1) is 11.1. The van der Waals surface area contributed by atoms with Crippen LogP contribution in [0.2, 0.25) is 0 Å². The molecule has 0 radical (unpaired) electrons. The van der Waals surface area contributed by atoms with Gasteiger partial charge in [0, 0.05) is 31.9 Å². The van der Waals surface area contributed by atoms with E-state index in [-0.39, 0.29) is 5.69 Å². The molecule has 1 N–H and O–H groups in total. The first kappa shape index (κ1) is 18.0. The number of piperazine rings is 1. The average molecular weight is 342 g/mol. The number of anilines is 1. The number of benzene rings is 1. The van der Waals surface area contributed by atoms with Crippen LogP contribution in [0.1, 0.15) is 31.1 Å². The van der Waals surface area contributed by atoms with Gasteiger partial charge in [-0.3, -0.25) is 0 Å². The second-order valence-electron chi connectivity index (χ2n) is 6.54. The van der Waals surface area contributed by atoms with Crippen molar-refractivity contribution in [3.05, 3.63) is 29.3 Å². The Morgan fingerprint density at radius 2 is 1.58 bits per heavy atom. The van der Waals surface area contributed by atoms with Gasteiger partial charge in [0.25, 0.3) is 0 Å². The van der Waals surface area contributed by atoms with Gasteiger partial charge in [-0.15, -0.1) is 0 Å². The second-order valence-corrected chi connectivity index (χ2v) is 6.54. The summed E-state index contributed by atoms with van der Waals surface area (Å²) in [5.74, 6) is -3.88. The number of carbonyl (C=O) groups is 2. The van der Waals surface area contributed by atoms with Gasteiger partial charge >= 0.3 is 12.1 Å². The van der Waals surface area contributed by atoms with Crippen molar-refractivity contribution < 1.29 is 28.2 Å². The molecule has 0 bridgehead atoms. The van der Waals surface area contributed by atoms with Gasteiger partial charge in [-0.25, -0.2) is 18.4 Å². The highest BCUT2D eigenvalue weighted by Gasteiger charge is 2.27. The molecule has 0 atom stereocenters. The lowest BCUT2D eigenvalue weighted by atomic mass is 10.1. The third-order valence-electron chi connectivity index (χ3n) is 3.54. The molecule has 1 aliphatic heterocycles. The van der Waals surface area contributed by atoms with Crippen molar-refractivity contribution in [2.45, 2.75) is 26.4 Å². The van der Waals surface area contributed by atoms with Crippen molar-refractivity contribution in [2.24, 2.45) is 0 Å². The van der Waals surface area contributed by atoms with Crippen LogP contribution >= 0.6 is 0 Å². The number of rotatable bonds is 2. The van der Waals surface area contributed by atoms with E-state index in [1.807, 2.05) is 0 Å². The van der Waals surface area contributed by atoms with Crippen molar-refractivity contribution in [1.82, 2.24) is 4.90 Å². The molecule has 8 heteroatoms. The Labute approximate surface area is 138 Å². The minimum absolute atomic E-state index is 0.249. The Bertz CT molecular complexity index is 627.